The van der Waals surface area contributed by atoms with E-state index in [1.807, 2.05) is 0 Å². The van der Waals surface area contributed by atoms with E-state index in [4.69, 9.17) is 10.5 Å². The Kier molecular flexibility index (Phi) is 4.35. The normalized spacial score (nSPS) is 11.3. The van der Waals surface area contributed by atoms with E-state index in [9.17, 15) is 22.4 Å². The van der Waals surface area contributed by atoms with Gasteiger partial charge in [-0.1, -0.05) is 12.1 Å². The fraction of sp³-hybridized carbons (Fsp3) is 0.133. The number of benzene rings is 2. The molecule has 22 heavy (non-hydrogen) atoms. The van der Waals surface area contributed by atoms with Crippen LogP contribution in [0.15, 0.2) is 42.5 Å². The van der Waals surface area contributed by atoms with Crippen LogP contribution in [0.2, 0.25) is 0 Å². The van der Waals surface area contributed by atoms with Crippen LogP contribution < -0.4 is 10.5 Å². The van der Waals surface area contributed by atoms with Crippen LogP contribution in [0.5, 0.6) is 5.75 Å². The Morgan fingerprint density at radius 2 is 1.86 bits per heavy atom. The molecule has 0 saturated heterocycles. The third kappa shape index (κ3) is 3.75. The monoisotopic (exact) mass is 313 g/mol. The summed E-state index contributed by atoms with van der Waals surface area (Å²) in [6.07, 6.45) is -4.74. The van der Waals surface area contributed by atoms with E-state index in [1.54, 1.807) is 12.1 Å². The third-order valence-corrected chi connectivity index (χ3v) is 2.86. The molecular formula is C15H11F4NO2. The van der Waals surface area contributed by atoms with Crippen LogP contribution in [0.1, 0.15) is 21.5 Å². The Hall–Kier alpha value is -2.57. The molecule has 116 valence electrons. The summed E-state index contributed by atoms with van der Waals surface area (Å²) >= 11 is 0. The molecule has 0 heterocycles. The summed E-state index contributed by atoms with van der Waals surface area (Å²) in [5, 5.41) is 0. The van der Waals surface area contributed by atoms with Gasteiger partial charge < -0.3 is 10.5 Å². The topological polar surface area (TPSA) is 52.3 Å². The highest BCUT2D eigenvalue weighted by Gasteiger charge is 2.33. The second-order valence-electron chi connectivity index (χ2n) is 4.49. The molecule has 0 radical (unpaired) electrons. The first-order valence-corrected chi connectivity index (χ1v) is 6.15. The predicted molar refractivity (Wildman–Crippen MR) is 70.7 cm³/mol. The lowest BCUT2D eigenvalue weighted by Gasteiger charge is -2.10. The first-order valence-electron chi connectivity index (χ1n) is 6.15. The average molecular weight is 313 g/mol. The molecule has 0 spiro atoms. The quantitative estimate of drug-likeness (QED) is 0.878. The molecule has 2 rings (SSSR count). The lowest BCUT2D eigenvalue weighted by molar-refractivity contribution is -0.140. The van der Waals surface area contributed by atoms with E-state index in [0.29, 0.717) is 11.8 Å². The van der Waals surface area contributed by atoms with Gasteiger partial charge in [-0.05, 0) is 35.9 Å². The highest BCUT2D eigenvalue weighted by atomic mass is 19.4. The Morgan fingerprint density at radius 3 is 2.45 bits per heavy atom. The predicted octanol–water partition coefficient (Wildman–Crippen LogP) is 3.52. The molecular weight excluding hydrogens is 302 g/mol. The highest BCUT2D eigenvalue weighted by Crippen LogP contribution is 2.31. The zero-order valence-electron chi connectivity index (χ0n) is 11.2. The number of carbonyl (C=O) groups excluding carboxylic acids is 1. The van der Waals surface area contributed by atoms with Crippen molar-refractivity contribution in [3.8, 4) is 5.75 Å². The minimum Gasteiger partial charge on any atom is -0.489 e. The van der Waals surface area contributed by atoms with Crippen molar-refractivity contribution in [3.63, 3.8) is 0 Å². The van der Waals surface area contributed by atoms with Crippen LogP contribution >= 0.6 is 0 Å². The maximum Gasteiger partial charge on any atom is 0.419 e. The second kappa shape index (κ2) is 6.05. The van der Waals surface area contributed by atoms with Crippen LogP contribution in [0.25, 0.3) is 0 Å². The van der Waals surface area contributed by atoms with Gasteiger partial charge in [0.05, 0.1) is 5.56 Å². The Labute approximate surface area is 123 Å². The highest BCUT2D eigenvalue weighted by molar-refractivity contribution is 5.93. The smallest absolute Gasteiger partial charge is 0.419 e. The van der Waals surface area contributed by atoms with Crippen molar-refractivity contribution in [1.82, 2.24) is 0 Å². The van der Waals surface area contributed by atoms with E-state index in [0.717, 1.165) is 12.1 Å². The van der Waals surface area contributed by atoms with E-state index in [-0.39, 0.29) is 17.7 Å². The third-order valence-electron chi connectivity index (χ3n) is 2.86. The van der Waals surface area contributed by atoms with Gasteiger partial charge >= 0.3 is 6.18 Å². The van der Waals surface area contributed by atoms with Crippen LogP contribution in [0, 0.1) is 5.82 Å². The fourth-order valence-corrected chi connectivity index (χ4v) is 1.78. The maximum atomic E-state index is 13.4. The van der Waals surface area contributed by atoms with Crippen molar-refractivity contribution in [3.05, 3.63) is 65.0 Å². The van der Waals surface area contributed by atoms with Crippen molar-refractivity contribution in [2.75, 3.05) is 0 Å². The number of nitrogens with two attached hydrogens (primary N) is 1. The summed E-state index contributed by atoms with van der Waals surface area (Å²) in [5.41, 5.74) is 4.25. The summed E-state index contributed by atoms with van der Waals surface area (Å²) < 4.78 is 56.0. The van der Waals surface area contributed by atoms with Gasteiger partial charge in [-0.15, -0.1) is 0 Å². The number of amides is 1. The Bertz CT molecular complexity index is 698. The molecule has 0 aliphatic carbocycles. The number of carbonyl (C=O) groups is 1. The second-order valence-corrected chi connectivity index (χ2v) is 4.49. The molecule has 3 nitrogen and oxygen atoms in total. The zero-order chi connectivity index (χ0) is 16.3. The molecule has 2 aromatic rings. The van der Waals surface area contributed by atoms with E-state index < -0.39 is 23.5 Å². The molecule has 0 unspecified atom stereocenters. The molecule has 1 amide bonds. The standard InChI is InChI=1S/C15H11F4NO2/c16-13-6-9(4-5-12(13)15(17,18)19)8-22-11-3-1-2-10(7-11)14(20)21/h1-7H,8H2,(H2,20,21). The Balaban J connectivity index is 2.11. The number of halogens is 4. The number of hydrogen-bond acceptors (Lipinski definition) is 2. The van der Waals surface area contributed by atoms with Crippen molar-refractivity contribution >= 4 is 5.91 Å². The molecule has 0 aliphatic rings. The van der Waals surface area contributed by atoms with Gasteiger partial charge in [0.1, 0.15) is 18.2 Å². The summed E-state index contributed by atoms with van der Waals surface area (Å²) in [4.78, 5) is 11.0. The minimum atomic E-state index is -4.74. The first kappa shape index (κ1) is 15.8. The van der Waals surface area contributed by atoms with Crippen LogP contribution in [-0.4, -0.2) is 5.91 Å². The molecule has 7 heteroatoms. The first-order chi connectivity index (χ1) is 10.3. The summed E-state index contributed by atoms with van der Waals surface area (Å²) in [7, 11) is 0. The average Bonchev–Trinajstić information content (AvgIpc) is 2.44. The molecule has 0 aliphatic heterocycles. The van der Waals surface area contributed by atoms with Gasteiger partial charge in [-0.25, -0.2) is 4.39 Å². The molecule has 0 fully saturated rings. The van der Waals surface area contributed by atoms with Crippen molar-refractivity contribution in [2.24, 2.45) is 5.73 Å². The molecule has 0 saturated carbocycles. The van der Waals surface area contributed by atoms with Gasteiger partial charge in [0.15, 0.2) is 0 Å². The molecule has 0 atom stereocenters. The van der Waals surface area contributed by atoms with Gasteiger partial charge in [0.2, 0.25) is 5.91 Å². The SMILES string of the molecule is NC(=O)c1cccc(OCc2ccc(C(F)(F)F)c(F)c2)c1. The molecule has 2 N–H and O–H groups in total. The van der Waals surface area contributed by atoms with E-state index in [2.05, 4.69) is 0 Å². The van der Waals surface area contributed by atoms with Gasteiger partial charge in [-0.2, -0.15) is 13.2 Å². The molecule has 0 aromatic heterocycles. The molecule has 0 bridgehead atoms. The van der Waals surface area contributed by atoms with Gasteiger partial charge in [0.25, 0.3) is 0 Å². The summed E-state index contributed by atoms with van der Waals surface area (Å²) in [5.74, 6) is -1.69. The molecule has 2 aromatic carbocycles. The number of ether oxygens (including phenoxy) is 1. The largest absolute Gasteiger partial charge is 0.489 e. The number of primary amides is 1. The fourth-order valence-electron chi connectivity index (χ4n) is 1.78. The van der Waals surface area contributed by atoms with Crippen LogP contribution in [-0.2, 0) is 12.8 Å². The Morgan fingerprint density at radius 1 is 1.14 bits per heavy atom. The zero-order valence-corrected chi connectivity index (χ0v) is 11.2. The van der Waals surface area contributed by atoms with Crippen molar-refractivity contribution in [2.45, 2.75) is 12.8 Å². The van der Waals surface area contributed by atoms with Crippen molar-refractivity contribution < 1.29 is 27.1 Å². The summed E-state index contributed by atoms with van der Waals surface area (Å²) in [6, 6.07) is 8.53. The number of rotatable bonds is 4. The minimum absolute atomic E-state index is 0.142. The van der Waals surface area contributed by atoms with Gasteiger partial charge in [0, 0.05) is 5.56 Å². The van der Waals surface area contributed by atoms with E-state index >= 15 is 0 Å². The van der Waals surface area contributed by atoms with Gasteiger partial charge in [-0.3, -0.25) is 4.79 Å². The lowest BCUT2D eigenvalue weighted by atomic mass is 10.1. The number of alkyl halides is 3. The van der Waals surface area contributed by atoms with Crippen molar-refractivity contribution in [1.29, 1.82) is 0 Å². The number of hydrogen-bond donors (Lipinski definition) is 1. The van der Waals surface area contributed by atoms with Crippen LogP contribution in [0.4, 0.5) is 17.6 Å². The lowest BCUT2D eigenvalue weighted by Crippen LogP contribution is -2.11. The van der Waals surface area contributed by atoms with Crippen LogP contribution in [0.3, 0.4) is 0 Å². The van der Waals surface area contributed by atoms with E-state index in [1.165, 1.54) is 12.1 Å². The summed E-state index contributed by atoms with van der Waals surface area (Å²) in [6.45, 7) is -0.142. The maximum absolute atomic E-state index is 13.4.